The molecule has 0 aromatic carbocycles. The van der Waals surface area contributed by atoms with Crippen LogP contribution in [0.1, 0.15) is 279 Å². The highest BCUT2D eigenvalue weighted by Crippen LogP contribution is 2.17. The van der Waals surface area contributed by atoms with E-state index in [2.05, 4.69) is 34.6 Å². The number of rotatable bonds is 45. The molecule has 0 heterocycles. The Bertz CT molecular complexity index is 870. The molecule has 57 heavy (non-hydrogen) atoms. The van der Waals surface area contributed by atoms with E-state index < -0.39 is 6.10 Å². The van der Waals surface area contributed by atoms with Gasteiger partial charge in [-0.3, -0.25) is 14.4 Å². The Balaban J connectivity index is 4.10. The van der Waals surface area contributed by atoms with Gasteiger partial charge in [0.2, 0.25) is 0 Å². The highest BCUT2D eigenvalue weighted by Gasteiger charge is 2.19. The summed E-state index contributed by atoms with van der Waals surface area (Å²) in [5, 5.41) is 0. The molecular weight excluding hydrogens is 709 g/mol. The molecule has 0 aliphatic heterocycles. The van der Waals surface area contributed by atoms with Crippen molar-refractivity contribution >= 4 is 17.9 Å². The van der Waals surface area contributed by atoms with E-state index in [4.69, 9.17) is 14.2 Å². The minimum absolute atomic E-state index is 0.0647. The van der Waals surface area contributed by atoms with Crippen molar-refractivity contribution in [2.75, 3.05) is 13.2 Å². The number of carbonyl (C=O) groups excluding carboxylic acids is 3. The minimum Gasteiger partial charge on any atom is -0.462 e. The Morgan fingerprint density at radius 3 is 0.860 bits per heavy atom. The van der Waals surface area contributed by atoms with Gasteiger partial charge in [0, 0.05) is 19.3 Å². The molecular formula is C51H98O6. The molecule has 0 aliphatic carbocycles. The largest absolute Gasteiger partial charge is 0.462 e. The van der Waals surface area contributed by atoms with Gasteiger partial charge >= 0.3 is 17.9 Å². The smallest absolute Gasteiger partial charge is 0.306 e. The van der Waals surface area contributed by atoms with Crippen molar-refractivity contribution in [3.8, 4) is 0 Å². The average Bonchev–Trinajstić information content (AvgIpc) is 3.18. The molecule has 0 saturated carbocycles. The fraction of sp³-hybridized carbons (Fsp3) is 0.941. The van der Waals surface area contributed by atoms with E-state index in [9.17, 15) is 14.4 Å². The van der Waals surface area contributed by atoms with Crippen molar-refractivity contribution in [2.24, 2.45) is 11.8 Å². The molecule has 0 saturated heterocycles. The summed E-state index contributed by atoms with van der Waals surface area (Å²) < 4.78 is 16.7. The normalized spacial score (nSPS) is 12.1. The third-order valence-corrected chi connectivity index (χ3v) is 11.5. The second-order valence-electron chi connectivity index (χ2n) is 18.4. The highest BCUT2D eigenvalue weighted by molar-refractivity contribution is 5.71. The Kier molecular flexibility index (Phi) is 42.7. The molecule has 0 aliphatic rings. The lowest BCUT2D eigenvalue weighted by Crippen LogP contribution is -2.30. The molecule has 0 aromatic rings. The van der Waals surface area contributed by atoms with E-state index in [0.29, 0.717) is 19.3 Å². The highest BCUT2D eigenvalue weighted by atomic mass is 16.6. The second-order valence-corrected chi connectivity index (χ2v) is 18.4. The van der Waals surface area contributed by atoms with Crippen LogP contribution in [0.15, 0.2) is 0 Å². The first-order valence-corrected chi connectivity index (χ1v) is 25.2. The van der Waals surface area contributed by atoms with Gasteiger partial charge < -0.3 is 14.2 Å². The fourth-order valence-corrected chi connectivity index (χ4v) is 7.64. The van der Waals surface area contributed by atoms with E-state index in [-0.39, 0.29) is 31.1 Å². The number of hydrogen-bond donors (Lipinski definition) is 0. The Labute approximate surface area is 355 Å². The predicted molar refractivity (Wildman–Crippen MR) is 243 cm³/mol. The van der Waals surface area contributed by atoms with Crippen LogP contribution in [0.2, 0.25) is 0 Å². The van der Waals surface area contributed by atoms with Gasteiger partial charge in [0.05, 0.1) is 0 Å². The van der Waals surface area contributed by atoms with Crippen LogP contribution in [0.25, 0.3) is 0 Å². The van der Waals surface area contributed by atoms with E-state index >= 15 is 0 Å². The number of carbonyl (C=O) groups is 3. The summed E-state index contributed by atoms with van der Waals surface area (Å²) in [6.07, 6.45) is 44.1. The number of unbranched alkanes of at least 4 members (excludes halogenated alkanes) is 30. The molecule has 0 fully saturated rings. The molecule has 6 nitrogen and oxygen atoms in total. The second kappa shape index (κ2) is 44.0. The molecule has 338 valence electrons. The maximum absolute atomic E-state index is 12.7. The van der Waals surface area contributed by atoms with Crippen LogP contribution in [0.4, 0.5) is 0 Å². The van der Waals surface area contributed by atoms with Gasteiger partial charge in [-0.05, 0) is 31.1 Å². The Morgan fingerprint density at radius 2 is 0.579 bits per heavy atom. The van der Waals surface area contributed by atoms with Crippen LogP contribution < -0.4 is 0 Å². The molecule has 0 amide bonds. The molecule has 0 aromatic heterocycles. The molecule has 0 N–H and O–H groups in total. The monoisotopic (exact) mass is 807 g/mol. The molecule has 0 unspecified atom stereocenters. The number of esters is 3. The SMILES string of the molecule is CCCCCCCC(=O)OC[C@H](COC(=O)CCCCCCCCCCCCCCCCCCC(C)C)OC(=O)CCCCCCCCCCCCCCC(C)C. The van der Waals surface area contributed by atoms with Crippen LogP contribution >= 0.6 is 0 Å². The van der Waals surface area contributed by atoms with Gasteiger partial charge in [0.15, 0.2) is 6.10 Å². The molecule has 6 heteroatoms. The molecule has 0 spiro atoms. The van der Waals surface area contributed by atoms with Crippen molar-refractivity contribution in [1.29, 1.82) is 0 Å². The zero-order chi connectivity index (χ0) is 41.9. The maximum Gasteiger partial charge on any atom is 0.306 e. The lowest BCUT2D eigenvalue weighted by atomic mass is 10.0. The van der Waals surface area contributed by atoms with Crippen LogP contribution in [0, 0.1) is 11.8 Å². The van der Waals surface area contributed by atoms with Gasteiger partial charge in [0.1, 0.15) is 13.2 Å². The lowest BCUT2D eigenvalue weighted by Gasteiger charge is -2.18. The van der Waals surface area contributed by atoms with E-state index in [0.717, 1.165) is 76.0 Å². The third-order valence-electron chi connectivity index (χ3n) is 11.5. The summed E-state index contributed by atoms with van der Waals surface area (Å²) in [5.41, 5.74) is 0. The Hall–Kier alpha value is -1.59. The predicted octanol–water partition coefficient (Wildman–Crippen LogP) is 16.1. The van der Waals surface area contributed by atoms with Gasteiger partial charge in [-0.2, -0.15) is 0 Å². The van der Waals surface area contributed by atoms with Crippen LogP contribution in [-0.2, 0) is 28.6 Å². The lowest BCUT2D eigenvalue weighted by molar-refractivity contribution is -0.167. The number of ether oxygens (including phenoxy) is 3. The first-order chi connectivity index (χ1) is 27.7. The topological polar surface area (TPSA) is 78.9 Å². The van der Waals surface area contributed by atoms with Crippen molar-refractivity contribution in [2.45, 2.75) is 285 Å². The first kappa shape index (κ1) is 55.4. The molecule has 1 atom stereocenters. The molecule has 0 radical (unpaired) electrons. The zero-order valence-corrected chi connectivity index (χ0v) is 39.0. The van der Waals surface area contributed by atoms with Gasteiger partial charge in [0.25, 0.3) is 0 Å². The summed E-state index contributed by atoms with van der Waals surface area (Å²) in [7, 11) is 0. The number of hydrogen-bond acceptors (Lipinski definition) is 6. The third kappa shape index (κ3) is 45.3. The van der Waals surface area contributed by atoms with E-state index in [1.807, 2.05) is 0 Å². The summed E-state index contributed by atoms with van der Waals surface area (Å²) in [6.45, 7) is 11.3. The van der Waals surface area contributed by atoms with Crippen LogP contribution in [0.5, 0.6) is 0 Å². The van der Waals surface area contributed by atoms with Gasteiger partial charge in [-0.15, -0.1) is 0 Å². The quantitative estimate of drug-likeness (QED) is 0.0346. The summed E-state index contributed by atoms with van der Waals surface area (Å²) in [6, 6.07) is 0. The summed E-state index contributed by atoms with van der Waals surface area (Å²) >= 11 is 0. The van der Waals surface area contributed by atoms with Crippen molar-refractivity contribution < 1.29 is 28.6 Å². The summed E-state index contributed by atoms with van der Waals surface area (Å²) in [5.74, 6) is 0.821. The van der Waals surface area contributed by atoms with Crippen molar-refractivity contribution in [3.05, 3.63) is 0 Å². The van der Waals surface area contributed by atoms with Crippen LogP contribution in [-0.4, -0.2) is 37.2 Å². The molecule has 0 rings (SSSR count). The first-order valence-electron chi connectivity index (χ1n) is 25.2. The van der Waals surface area contributed by atoms with Crippen molar-refractivity contribution in [1.82, 2.24) is 0 Å². The van der Waals surface area contributed by atoms with E-state index in [1.165, 1.54) is 161 Å². The Morgan fingerprint density at radius 1 is 0.333 bits per heavy atom. The van der Waals surface area contributed by atoms with Crippen molar-refractivity contribution in [3.63, 3.8) is 0 Å². The van der Waals surface area contributed by atoms with Gasteiger partial charge in [-0.1, -0.05) is 240 Å². The van der Waals surface area contributed by atoms with E-state index in [1.54, 1.807) is 0 Å². The zero-order valence-electron chi connectivity index (χ0n) is 39.0. The molecule has 0 bridgehead atoms. The standard InChI is InChI=1S/C51H98O6/c1-6-7-8-29-36-41-49(52)55-44-48(57-51(54)43-38-33-28-24-20-16-15-18-22-26-31-35-40-47(4)5)45-56-50(53)42-37-32-27-23-19-14-12-10-9-11-13-17-21-25-30-34-39-46(2)3/h46-48H,6-45H2,1-5H3/t48-/m1/s1. The maximum atomic E-state index is 12.7. The van der Waals surface area contributed by atoms with Gasteiger partial charge in [-0.25, -0.2) is 0 Å². The fourth-order valence-electron chi connectivity index (χ4n) is 7.64. The minimum atomic E-state index is -0.759. The average molecular weight is 807 g/mol. The summed E-state index contributed by atoms with van der Waals surface area (Å²) in [4.78, 5) is 37.6. The van der Waals surface area contributed by atoms with Crippen LogP contribution in [0.3, 0.4) is 0 Å².